The largest absolute Gasteiger partial charge is 0.497 e. The third-order valence-corrected chi connectivity index (χ3v) is 5.63. The minimum Gasteiger partial charge on any atom is -0.497 e. The summed E-state index contributed by atoms with van der Waals surface area (Å²) >= 11 is 0. The first-order valence-corrected chi connectivity index (χ1v) is 10.6. The van der Waals surface area contributed by atoms with Gasteiger partial charge in [-0.15, -0.1) is 0 Å². The van der Waals surface area contributed by atoms with Crippen molar-refractivity contribution in [1.29, 1.82) is 0 Å². The van der Waals surface area contributed by atoms with Crippen LogP contribution in [0.1, 0.15) is 23.6 Å². The van der Waals surface area contributed by atoms with E-state index in [1.165, 1.54) is 0 Å². The Hall–Kier alpha value is -2.17. The summed E-state index contributed by atoms with van der Waals surface area (Å²) in [4.78, 5) is 19.4. The molecule has 0 aromatic heterocycles. The van der Waals surface area contributed by atoms with Crippen LogP contribution in [0, 0.1) is 0 Å². The summed E-state index contributed by atoms with van der Waals surface area (Å²) in [5.74, 6) is 0.689. The second-order valence-electron chi connectivity index (χ2n) is 6.73. The zero-order chi connectivity index (χ0) is 19.3. The Morgan fingerprint density at radius 2 is 1.63 bits per heavy atom. The third-order valence-electron chi connectivity index (χ3n) is 4.66. The lowest BCUT2D eigenvalue weighted by Crippen LogP contribution is -2.49. The number of ether oxygens (including phenoxy) is 1. The van der Waals surface area contributed by atoms with Gasteiger partial charge in [0.2, 0.25) is 0 Å². The Morgan fingerprint density at radius 3 is 2.04 bits per heavy atom. The Morgan fingerprint density at radius 1 is 1.07 bits per heavy atom. The number of hydrogen-bond acceptors (Lipinski definition) is 3. The van der Waals surface area contributed by atoms with Crippen LogP contribution in [0.3, 0.4) is 0 Å². The fraction of sp³-hybridized carbons (Fsp3) is 0.238. The molecule has 2 aromatic carbocycles. The van der Waals surface area contributed by atoms with Gasteiger partial charge < -0.3 is 14.5 Å². The van der Waals surface area contributed by atoms with E-state index in [4.69, 9.17) is 4.74 Å². The topological polar surface area (TPSA) is 78.8 Å². The van der Waals surface area contributed by atoms with Gasteiger partial charge in [-0.2, -0.15) is 0 Å². The van der Waals surface area contributed by atoms with Crippen LogP contribution in [-0.2, 0) is 9.30 Å². The molecule has 2 aromatic rings. The van der Waals surface area contributed by atoms with Crippen molar-refractivity contribution in [2.75, 3.05) is 13.3 Å². The van der Waals surface area contributed by atoms with E-state index in [1.54, 1.807) is 13.2 Å². The molecule has 0 saturated heterocycles. The number of nitrogens with one attached hydrogen (secondary N) is 1. The number of rotatable bonds is 7. The highest BCUT2D eigenvalue weighted by molar-refractivity contribution is 7.51. The molecule has 0 unspecified atom stereocenters. The van der Waals surface area contributed by atoms with E-state index in [0.717, 1.165) is 11.1 Å². The van der Waals surface area contributed by atoms with Crippen molar-refractivity contribution in [1.82, 2.24) is 5.32 Å². The van der Waals surface area contributed by atoms with Crippen molar-refractivity contribution in [3.8, 4) is 0 Å². The van der Waals surface area contributed by atoms with Crippen LogP contribution < -0.4 is 5.32 Å². The Balaban J connectivity index is 1.99. The summed E-state index contributed by atoms with van der Waals surface area (Å²) in [7, 11) is -2.67. The van der Waals surface area contributed by atoms with Crippen molar-refractivity contribution in [2.24, 2.45) is 0 Å². The molecule has 27 heavy (non-hydrogen) atoms. The van der Waals surface area contributed by atoms with Crippen LogP contribution in [0.25, 0.3) is 0 Å². The van der Waals surface area contributed by atoms with Crippen molar-refractivity contribution < 1.29 is 19.1 Å². The summed E-state index contributed by atoms with van der Waals surface area (Å²) in [6.07, 6.45) is 5.56. The summed E-state index contributed by atoms with van der Waals surface area (Å²) in [6, 6.07) is 19.6. The zero-order valence-corrected chi connectivity index (χ0v) is 16.0. The number of allylic oxidation sites excluding steroid dienone is 1. The standard InChI is InChI=1S/C21H24NO4P/c1-26-19-12-14-21(15-13-19,16-27(23,24)25)22-20(17-8-4-2-5-9-17)18-10-6-3-7-11-18/h2-14,20,22H,15-16H2,1H3,(H2,23,24,25)/t21-/m0/s1. The van der Waals surface area contributed by atoms with E-state index in [2.05, 4.69) is 5.32 Å². The minimum atomic E-state index is -4.25. The lowest BCUT2D eigenvalue weighted by Gasteiger charge is -2.37. The molecule has 0 bridgehead atoms. The van der Waals surface area contributed by atoms with E-state index in [-0.39, 0.29) is 12.2 Å². The van der Waals surface area contributed by atoms with Gasteiger partial charge in [0.15, 0.2) is 0 Å². The lowest BCUT2D eigenvalue weighted by molar-refractivity contribution is 0.291. The zero-order valence-electron chi connectivity index (χ0n) is 15.2. The normalized spacial score (nSPS) is 19.8. The number of methoxy groups -OCH3 is 1. The van der Waals surface area contributed by atoms with Crippen molar-refractivity contribution >= 4 is 7.60 Å². The monoisotopic (exact) mass is 385 g/mol. The maximum atomic E-state index is 11.9. The predicted molar refractivity (Wildman–Crippen MR) is 106 cm³/mol. The molecule has 5 nitrogen and oxygen atoms in total. The Labute approximate surface area is 159 Å². The van der Waals surface area contributed by atoms with Crippen molar-refractivity contribution in [2.45, 2.75) is 18.0 Å². The van der Waals surface area contributed by atoms with Gasteiger partial charge in [0, 0.05) is 0 Å². The highest BCUT2D eigenvalue weighted by Gasteiger charge is 2.38. The van der Waals surface area contributed by atoms with Gasteiger partial charge in [0.25, 0.3) is 0 Å². The van der Waals surface area contributed by atoms with Crippen LogP contribution in [0.5, 0.6) is 0 Å². The molecule has 3 rings (SSSR count). The molecule has 1 aliphatic rings. The first-order valence-electron chi connectivity index (χ1n) is 8.76. The molecule has 0 heterocycles. The molecule has 0 fully saturated rings. The third kappa shape index (κ3) is 5.18. The van der Waals surface area contributed by atoms with Crippen LogP contribution in [0.15, 0.2) is 84.7 Å². The molecule has 0 aliphatic heterocycles. The van der Waals surface area contributed by atoms with Gasteiger partial charge in [0.1, 0.15) is 5.76 Å². The Kier molecular flexibility index (Phi) is 5.98. The molecule has 0 amide bonds. The first kappa shape index (κ1) is 19.6. The number of hydrogen-bond donors (Lipinski definition) is 3. The fourth-order valence-electron chi connectivity index (χ4n) is 3.39. The average Bonchev–Trinajstić information content (AvgIpc) is 2.67. The molecule has 3 N–H and O–H groups in total. The van der Waals surface area contributed by atoms with Crippen LogP contribution >= 0.6 is 7.60 Å². The lowest BCUT2D eigenvalue weighted by atomic mass is 9.88. The smallest absolute Gasteiger partial charge is 0.327 e. The molecule has 0 spiro atoms. The fourth-order valence-corrected chi connectivity index (χ4v) is 4.45. The van der Waals surface area contributed by atoms with E-state index >= 15 is 0 Å². The highest BCUT2D eigenvalue weighted by atomic mass is 31.2. The van der Waals surface area contributed by atoms with Gasteiger partial charge in [-0.25, -0.2) is 0 Å². The van der Waals surface area contributed by atoms with Gasteiger partial charge in [-0.05, 0) is 29.7 Å². The average molecular weight is 385 g/mol. The van der Waals surface area contributed by atoms with Crippen LogP contribution in [0.4, 0.5) is 0 Å². The SMILES string of the molecule is COC1=CC[C@@](CP(=O)(O)O)(NC(c2ccccc2)c2ccccc2)C=C1. The molecular weight excluding hydrogens is 361 g/mol. The van der Waals surface area contributed by atoms with Gasteiger partial charge in [-0.1, -0.05) is 66.7 Å². The molecule has 1 aliphatic carbocycles. The van der Waals surface area contributed by atoms with Crippen molar-refractivity contribution in [3.05, 3.63) is 95.8 Å². The molecule has 6 heteroatoms. The van der Waals surface area contributed by atoms with Gasteiger partial charge in [-0.3, -0.25) is 9.88 Å². The van der Waals surface area contributed by atoms with Gasteiger partial charge >= 0.3 is 7.60 Å². The molecule has 1 atom stereocenters. The predicted octanol–water partition coefficient (Wildman–Crippen LogP) is 3.77. The minimum absolute atomic E-state index is 0.207. The summed E-state index contributed by atoms with van der Waals surface area (Å²) in [6.45, 7) is 0. The summed E-state index contributed by atoms with van der Waals surface area (Å²) in [5.41, 5.74) is 1.18. The van der Waals surface area contributed by atoms with E-state index < -0.39 is 13.1 Å². The second kappa shape index (κ2) is 8.24. The van der Waals surface area contributed by atoms with Gasteiger partial charge in [0.05, 0.1) is 24.9 Å². The molecule has 0 radical (unpaired) electrons. The quantitative estimate of drug-likeness (QED) is 0.633. The van der Waals surface area contributed by atoms with Crippen LogP contribution in [-0.4, -0.2) is 28.6 Å². The van der Waals surface area contributed by atoms with Crippen LogP contribution in [0.2, 0.25) is 0 Å². The number of benzene rings is 2. The summed E-state index contributed by atoms with van der Waals surface area (Å²) < 4.78 is 17.1. The summed E-state index contributed by atoms with van der Waals surface area (Å²) in [5, 5.41) is 3.52. The Bertz CT molecular complexity index is 821. The molecule has 0 saturated carbocycles. The highest BCUT2D eigenvalue weighted by Crippen LogP contribution is 2.42. The molecule has 142 valence electrons. The first-order chi connectivity index (χ1) is 12.9. The van der Waals surface area contributed by atoms with E-state index in [9.17, 15) is 14.4 Å². The maximum absolute atomic E-state index is 11.9. The second-order valence-corrected chi connectivity index (χ2v) is 8.37. The maximum Gasteiger partial charge on any atom is 0.327 e. The van der Waals surface area contributed by atoms with Crippen molar-refractivity contribution in [3.63, 3.8) is 0 Å². The molecular formula is C21H24NO4P. The van der Waals surface area contributed by atoms with E-state index in [1.807, 2.05) is 72.8 Å². The van der Waals surface area contributed by atoms with E-state index in [0.29, 0.717) is 12.2 Å².